The van der Waals surface area contributed by atoms with Gasteiger partial charge in [-0.2, -0.15) is 5.10 Å². The van der Waals surface area contributed by atoms with Gasteiger partial charge in [-0.25, -0.2) is 0 Å². The fraction of sp³-hybridized carbons (Fsp3) is 0.375. The zero-order chi connectivity index (χ0) is 8.27. The number of hydrogen-bond acceptors (Lipinski definition) is 2. The molecule has 0 spiro atoms. The Morgan fingerprint density at radius 2 is 2.45 bits per heavy atom. The van der Waals surface area contributed by atoms with Gasteiger partial charge in [0, 0.05) is 0 Å². The summed E-state index contributed by atoms with van der Waals surface area (Å²) >= 11 is 0. The Labute approximate surface area is 66.0 Å². The molecule has 0 amide bonds. The lowest BCUT2D eigenvalue weighted by Gasteiger charge is -1.93. The summed E-state index contributed by atoms with van der Waals surface area (Å²) in [5.41, 5.74) is 1.25. The molecule has 60 valence electrons. The predicted octanol–water partition coefficient (Wildman–Crippen LogP) is 1.55. The van der Waals surface area contributed by atoms with Crippen LogP contribution in [0.4, 0.5) is 0 Å². The summed E-state index contributed by atoms with van der Waals surface area (Å²) in [5, 5.41) is 12.8. The van der Waals surface area contributed by atoms with Crippen molar-refractivity contribution in [2.45, 2.75) is 20.4 Å². The molecule has 0 unspecified atom stereocenters. The van der Waals surface area contributed by atoms with Crippen molar-refractivity contribution in [1.82, 2.24) is 9.78 Å². The molecular formula is C8H12N2O. The van der Waals surface area contributed by atoms with Crippen molar-refractivity contribution in [3.05, 3.63) is 24.0 Å². The van der Waals surface area contributed by atoms with E-state index in [-0.39, 0.29) is 5.75 Å². The van der Waals surface area contributed by atoms with Crippen LogP contribution in [0.25, 0.3) is 0 Å². The van der Waals surface area contributed by atoms with Crippen LogP contribution in [-0.2, 0) is 6.54 Å². The summed E-state index contributed by atoms with van der Waals surface area (Å²) in [6.07, 6.45) is 5.07. The SMILES string of the molecule is CC(C)=CCn1cc(O)cn1. The van der Waals surface area contributed by atoms with E-state index in [1.54, 1.807) is 10.9 Å². The molecule has 0 aromatic carbocycles. The molecule has 1 aromatic rings. The lowest BCUT2D eigenvalue weighted by atomic mass is 10.3. The average Bonchev–Trinajstić information content (AvgIpc) is 2.31. The molecule has 0 aliphatic rings. The van der Waals surface area contributed by atoms with Gasteiger partial charge < -0.3 is 5.11 Å². The first-order valence-corrected chi connectivity index (χ1v) is 3.53. The Balaban J connectivity index is 2.58. The van der Waals surface area contributed by atoms with Crippen LogP contribution in [0, 0.1) is 0 Å². The van der Waals surface area contributed by atoms with Gasteiger partial charge in [-0.15, -0.1) is 0 Å². The first kappa shape index (κ1) is 7.85. The highest BCUT2D eigenvalue weighted by Gasteiger charge is 1.91. The lowest BCUT2D eigenvalue weighted by molar-refractivity contribution is 0.474. The monoisotopic (exact) mass is 152 g/mol. The number of aromatic hydroxyl groups is 1. The predicted molar refractivity (Wildman–Crippen MR) is 43.3 cm³/mol. The topological polar surface area (TPSA) is 38.0 Å². The molecule has 0 saturated heterocycles. The van der Waals surface area contributed by atoms with E-state index in [1.807, 2.05) is 19.9 Å². The summed E-state index contributed by atoms with van der Waals surface area (Å²) in [7, 11) is 0. The van der Waals surface area contributed by atoms with Crippen molar-refractivity contribution in [3.63, 3.8) is 0 Å². The molecule has 0 bridgehead atoms. The molecule has 1 rings (SSSR count). The fourth-order valence-corrected chi connectivity index (χ4v) is 0.729. The van der Waals surface area contributed by atoms with Crippen LogP contribution in [0.15, 0.2) is 24.0 Å². The normalized spacial score (nSPS) is 9.64. The molecule has 3 nitrogen and oxygen atoms in total. The van der Waals surface area contributed by atoms with Crippen molar-refractivity contribution in [2.24, 2.45) is 0 Å². The molecule has 0 aliphatic heterocycles. The molecule has 3 heteroatoms. The minimum Gasteiger partial charge on any atom is -0.505 e. The van der Waals surface area contributed by atoms with Crippen LogP contribution >= 0.6 is 0 Å². The van der Waals surface area contributed by atoms with E-state index in [0.29, 0.717) is 0 Å². The fourth-order valence-electron chi connectivity index (χ4n) is 0.729. The molecule has 0 saturated carbocycles. The first-order valence-electron chi connectivity index (χ1n) is 3.53. The maximum atomic E-state index is 8.91. The molecule has 1 aromatic heterocycles. The first-order chi connectivity index (χ1) is 5.18. The second-order valence-electron chi connectivity index (χ2n) is 2.70. The lowest BCUT2D eigenvalue weighted by Crippen LogP contribution is -1.94. The van der Waals surface area contributed by atoms with Crippen LogP contribution < -0.4 is 0 Å². The van der Waals surface area contributed by atoms with Crippen molar-refractivity contribution in [3.8, 4) is 5.75 Å². The third kappa shape index (κ3) is 2.45. The van der Waals surface area contributed by atoms with Gasteiger partial charge >= 0.3 is 0 Å². The summed E-state index contributed by atoms with van der Waals surface area (Å²) < 4.78 is 1.68. The van der Waals surface area contributed by atoms with Crippen molar-refractivity contribution in [1.29, 1.82) is 0 Å². The Bertz CT molecular complexity index is 259. The van der Waals surface area contributed by atoms with Gasteiger partial charge in [0.1, 0.15) is 0 Å². The average molecular weight is 152 g/mol. The van der Waals surface area contributed by atoms with Crippen molar-refractivity contribution < 1.29 is 5.11 Å². The van der Waals surface area contributed by atoms with Crippen LogP contribution in [-0.4, -0.2) is 14.9 Å². The Kier molecular flexibility index (Phi) is 2.31. The molecule has 0 atom stereocenters. The summed E-state index contributed by atoms with van der Waals surface area (Å²) in [6, 6.07) is 0. The Hall–Kier alpha value is -1.25. The molecular weight excluding hydrogens is 140 g/mol. The molecule has 0 radical (unpaired) electrons. The van der Waals surface area contributed by atoms with E-state index in [0.717, 1.165) is 6.54 Å². The third-order valence-electron chi connectivity index (χ3n) is 1.31. The largest absolute Gasteiger partial charge is 0.505 e. The van der Waals surface area contributed by atoms with E-state index in [9.17, 15) is 0 Å². The number of allylic oxidation sites excluding steroid dienone is 2. The highest BCUT2D eigenvalue weighted by atomic mass is 16.3. The van der Waals surface area contributed by atoms with E-state index in [4.69, 9.17) is 5.11 Å². The Morgan fingerprint density at radius 1 is 1.73 bits per heavy atom. The zero-order valence-corrected chi connectivity index (χ0v) is 6.78. The number of rotatable bonds is 2. The van der Waals surface area contributed by atoms with Gasteiger partial charge in [0.25, 0.3) is 0 Å². The maximum absolute atomic E-state index is 8.91. The quantitative estimate of drug-likeness (QED) is 0.653. The van der Waals surface area contributed by atoms with Crippen LogP contribution in [0.2, 0.25) is 0 Å². The van der Waals surface area contributed by atoms with Crippen LogP contribution in [0.5, 0.6) is 5.75 Å². The van der Waals surface area contributed by atoms with Gasteiger partial charge in [-0.3, -0.25) is 4.68 Å². The molecule has 1 heterocycles. The van der Waals surface area contributed by atoms with Crippen molar-refractivity contribution >= 4 is 0 Å². The number of aromatic nitrogens is 2. The van der Waals surface area contributed by atoms with Gasteiger partial charge in [0.2, 0.25) is 0 Å². The number of hydrogen-bond donors (Lipinski definition) is 1. The van der Waals surface area contributed by atoms with Crippen LogP contribution in [0.1, 0.15) is 13.8 Å². The molecule has 1 N–H and O–H groups in total. The molecule has 11 heavy (non-hydrogen) atoms. The maximum Gasteiger partial charge on any atom is 0.153 e. The summed E-state index contributed by atoms with van der Waals surface area (Å²) in [4.78, 5) is 0. The zero-order valence-electron chi connectivity index (χ0n) is 6.78. The van der Waals surface area contributed by atoms with Gasteiger partial charge in [0.15, 0.2) is 5.75 Å². The standard InChI is InChI=1S/C8H12N2O/c1-7(2)3-4-10-6-8(11)5-9-10/h3,5-6,11H,4H2,1-2H3. The third-order valence-corrected chi connectivity index (χ3v) is 1.31. The smallest absolute Gasteiger partial charge is 0.153 e. The minimum absolute atomic E-state index is 0.215. The molecule has 0 fully saturated rings. The summed E-state index contributed by atoms with van der Waals surface area (Å²) in [5.74, 6) is 0.215. The second kappa shape index (κ2) is 3.23. The van der Waals surface area contributed by atoms with Gasteiger partial charge in [-0.05, 0) is 13.8 Å². The highest BCUT2D eigenvalue weighted by Crippen LogP contribution is 2.04. The highest BCUT2D eigenvalue weighted by molar-refractivity contribution is 5.09. The van der Waals surface area contributed by atoms with Crippen LogP contribution in [0.3, 0.4) is 0 Å². The minimum atomic E-state index is 0.215. The van der Waals surface area contributed by atoms with E-state index >= 15 is 0 Å². The number of nitrogens with zero attached hydrogens (tertiary/aromatic N) is 2. The van der Waals surface area contributed by atoms with Gasteiger partial charge in [-0.1, -0.05) is 11.6 Å². The summed E-state index contributed by atoms with van der Waals surface area (Å²) in [6.45, 7) is 4.79. The Morgan fingerprint density at radius 3 is 2.91 bits per heavy atom. The van der Waals surface area contributed by atoms with E-state index in [1.165, 1.54) is 11.8 Å². The second-order valence-corrected chi connectivity index (χ2v) is 2.70. The van der Waals surface area contributed by atoms with E-state index in [2.05, 4.69) is 5.10 Å². The molecule has 0 aliphatic carbocycles. The van der Waals surface area contributed by atoms with Gasteiger partial charge in [0.05, 0.1) is 18.9 Å². The van der Waals surface area contributed by atoms with E-state index < -0.39 is 0 Å². The van der Waals surface area contributed by atoms with Crippen molar-refractivity contribution in [2.75, 3.05) is 0 Å².